The van der Waals surface area contributed by atoms with Crippen molar-refractivity contribution in [3.63, 3.8) is 0 Å². The number of fused-ring (bicyclic) bond motifs is 3. The number of carbonyl (C=O) groups excluding carboxylic acids is 2. The van der Waals surface area contributed by atoms with Crippen LogP contribution in [0.4, 0.5) is 5.69 Å². The van der Waals surface area contributed by atoms with Crippen molar-refractivity contribution in [3.8, 4) is 0 Å². The van der Waals surface area contributed by atoms with E-state index in [0.717, 1.165) is 57.8 Å². The monoisotopic (exact) mass is 471 g/mol. The van der Waals surface area contributed by atoms with Crippen molar-refractivity contribution in [2.24, 2.45) is 0 Å². The number of ether oxygens (including phenoxy) is 5. The molecule has 34 heavy (non-hydrogen) atoms. The minimum absolute atomic E-state index is 0.0216. The summed E-state index contributed by atoms with van der Waals surface area (Å²) in [5.41, 5.74) is 1.19. The molecule has 6 rings (SSSR count). The number of carbonyl (C=O) groups is 2. The molecule has 1 N–H and O–H groups in total. The molecule has 184 valence electrons. The summed E-state index contributed by atoms with van der Waals surface area (Å²) in [6.07, 6.45) is 6.82. The van der Waals surface area contributed by atoms with E-state index in [1.54, 1.807) is 24.3 Å². The molecule has 2 spiro atoms. The van der Waals surface area contributed by atoms with Gasteiger partial charge in [0.15, 0.2) is 29.8 Å². The van der Waals surface area contributed by atoms with Crippen LogP contribution in [0.3, 0.4) is 0 Å². The number of Topliss-reactive ketones (excluding diaryl/α,β-unsaturated/α-hetero) is 1. The van der Waals surface area contributed by atoms with Crippen molar-refractivity contribution in [1.82, 2.24) is 0 Å². The van der Waals surface area contributed by atoms with Crippen LogP contribution in [0.5, 0.6) is 0 Å². The van der Waals surface area contributed by atoms with Gasteiger partial charge in [0.2, 0.25) is 0 Å². The van der Waals surface area contributed by atoms with E-state index in [1.165, 1.54) is 13.3 Å². The molecule has 5 atom stereocenters. The first-order valence-corrected chi connectivity index (χ1v) is 12.7. The number of anilines is 1. The molecule has 0 radical (unpaired) electrons. The van der Waals surface area contributed by atoms with Gasteiger partial charge >= 0.3 is 0 Å². The topological polar surface area (TPSA) is 92.3 Å². The van der Waals surface area contributed by atoms with E-state index in [0.29, 0.717) is 11.3 Å². The third-order valence-corrected chi connectivity index (χ3v) is 7.93. The van der Waals surface area contributed by atoms with Crippen LogP contribution in [0.25, 0.3) is 0 Å². The SMILES string of the molecule is CC(=O)c1ccc(NC(=O)[C@@H]2O[C@@H]3OC4(CCCCC4)O[C@@H]3[C@@H]3OC4(CCCCC4)O[C@@H]32)cc1. The molecule has 3 heterocycles. The molecule has 1 aromatic carbocycles. The average Bonchev–Trinajstić information content (AvgIpc) is 3.37. The lowest BCUT2D eigenvalue weighted by Crippen LogP contribution is -2.58. The van der Waals surface area contributed by atoms with Crippen molar-refractivity contribution in [3.05, 3.63) is 29.8 Å². The van der Waals surface area contributed by atoms with Crippen LogP contribution in [0.1, 0.15) is 81.5 Å². The third-order valence-electron chi connectivity index (χ3n) is 7.93. The van der Waals surface area contributed by atoms with Gasteiger partial charge in [-0.2, -0.15) is 0 Å². The molecule has 1 aromatic rings. The first kappa shape index (κ1) is 22.6. The highest BCUT2D eigenvalue weighted by Crippen LogP contribution is 2.51. The second-order valence-corrected chi connectivity index (χ2v) is 10.4. The van der Waals surface area contributed by atoms with Gasteiger partial charge in [0.1, 0.15) is 18.3 Å². The summed E-state index contributed by atoms with van der Waals surface area (Å²) < 4.78 is 32.2. The summed E-state index contributed by atoms with van der Waals surface area (Å²) in [5.74, 6) is -1.67. The average molecular weight is 472 g/mol. The standard InChI is InChI=1S/C26H33NO7/c1-16(28)17-8-10-18(11-9-17)27-23(29)21-19-20(32-25(31-19)12-4-2-5-13-25)22-24(30-21)34-26(33-22)14-6-3-7-15-26/h8-11,19-22,24H,2-7,12-15H2,1H3,(H,27,29)/t19-,20+,21+,22+,24+/m0/s1. The fraction of sp³-hybridized carbons (Fsp3) is 0.692. The molecule has 0 aromatic heterocycles. The molecule has 1 amide bonds. The van der Waals surface area contributed by atoms with Gasteiger partial charge in [0.25, 0.3) is 5.91 Å². The van der Waals surface area contributed by atoms with Crippen molar-refractivity contribution < 1.29 is 33.3 Å². The Kier molecular flexibility index (Phi) is 5.77. The van der Waals surface area contributed by atoms with Gasteiger partial charge in [0, 0.05) is 36.9 Å². The molecule has 0 unspecified atom stereocenters. The van der Waals surface area contributed by atoms with Crippen LogP contribution in [0, 0.1) is 0 Å². The highest BCUT2D eigenvalue weighted by atomic mass is 16.9. The van der Waals surface area contributed by atoms with Crippen molar-refractivity contribution >= 4 is 17.4 Å². The summed E-state index contributed by atoms with van der Waals surface area (Å²) in [6.45, 7) is 1.52. The number of amides is 1. The molecule has 5 aliphatic rings. The summed E-state index contributed by atoms with van der Waals surface area (Å²) in [7, 11) is 0. The van der Waals surface area contributed by atoms with Gasteiger partial charge in [-0.25, -0.2) is 0 Å². The summed E-state index contributed by atoms with van der Waals surface area (Å²) in [5, 5.41) is 2.93. The van der Waals surface area contributed by atoms with Gasteiger partial charge in [0.05, 0.1) is 0 Å². The minimum Gasteiger partial charge on any atom is -0.341 e. The second-order valence-electron chi connectivity index (χ2n) is 10.4. The van der Waals surface area contributed by atoms with Crippen LogP contribution in [-0.2, 0) is 28.5 Å². The zero-order valence-electron chi connectivity index (χ0n) is 19.6. The Balaban J connectivity index is 1.25. The Morgan fingerprint density at radius 3 is 1.94 bits per heavy atom. The summed E-state index contributed by atoms with van der Waals surface area (Å²) in [6, 6.07) is 6.84. The predicted octanol–water partition coefficient (Wildman–Crippen LogP) is 4.07. The first-order chi connectivity index (χ1) is 16.5. The first-order valence-electron chi connectivity index (χ1n) is 12.7. The molecule has 2 saturated carbocycles. The van der Waals surface area contributed by atoms with E-state index in [4.69, 9.17) is 23.7 Å². The number of benzene rings is 1. The van der Waals surface area contributed by atoms with E-state index in [-0.39, 0.29) is 11.7 Å². The van der Waals surface area contributed by atoms with Crippen molar-refractivity contribution in [1.29, 1.82) is 0 Å². The highest BCUT2D eigenvalue weighted by molar-refractivity contribution is 5.97. The Morgan fingerprint density at radius 2 is 1.32 bits per heavy atom. The largest absolute Gasteiger partial charge is 0.341 e. The molecular formula is C26H33NO7. The van der Waals surface area contributed by atoms with Gasteiger partial charge in [-0.05, 0) is 56.9 Å². The third kappa shape index (κ3) is 3.99. The molecular weight excluding hydrogens is 438 g/mol. The highest BCUT2D eigenvalue weighted by Gasteiger charge is 2.65. The zero-order chi connectivity index (χ0) is 23.3. The van der Waals surface area contributed by atoms with Crippen LogP contribution in [-0.4, -0.2) is 54.0 Å². The molecule has 8 nitrogen and oxygen atoms in total. The quantitative estimate of drug-likeness (QED) is 0.664. The van der Waals surface area contributed by atoms with Gasteiger partial charge in [-0.15, -0.1) is 0 Å². The van der Waals surface area contributed by atoms with Crippen LogP contribution in [0.2, 0.25) is 0 Å². The second kappa shape index (κ2) is 8.68. The lowest BCUT2D eigenvalue weighted by Gasteiger charge is -2.36. The number of rotatable bonds is 3. The Hall–Kier alpha value is -1.84. The van der Waals surface area contributed by atoms with Crippen LogP contribution >= 0.6 is 0 Å². The van der Waals surface area contributed by atoms with Crippen LogP contribution in [0.15, 0.2) is 24.3 Å². The number of hydrogen-bond acceptors (Lipinski definition) is 7. The van der Waals surface area contributed by atoms with E-state index in [9.17, 15) is 9.59 Å². The molecule has 3 aliphatic heterocycles. The predicted molar refractivity (Wildman–Crippen MR) is 121 cm³/mol. The number of ketones is 1. The lowest BCUT2D eigenvalue weighted by atomic mass is 9.94. The molecule has 3 saturated heterocycles. The number of nitrogens with one attached hydrogen (secondary N) is 1. The maximum atomic E-state index is 13.4. The van der Waals surface area contributed by atoms with E-state index in [1.807, 2.05) is 0 Å². The van der Waals surface area contributed by atoms with Crippen LogP contribution < -0.4 is 5.32 Å². The molecule has 0 bridgehead atoms. The Bertz CT molecular complexity index is 935. The summed E-state index contributed by atoms with van der Waals surface area (Å²) >= 11 is 0. The Labute approximate surface area is 199 Å². The Morgan fingerprint density at radius 1 is 0.765 bits per heavy atom. The molecule has 2 aliphatic carbocycles. The van der Waals surface area contributed by atoms with E-state index in [2.05, 4.69) is 5.32 Å². The minimum atomic E-state index is -0.887. The van der Waals surface area contributed by atoms with Gasteiger partial charge in [-0.1, -0.05) is 12.8 Å². The lowest BCUT2D eigenvalue weighted by molar-refractivity contribution is -0.246. The van der Waals surface area contributed by atoms with Gasteiger partial charge in [-0.3, -0.25) is 9.59 Å². The maximum Gasteiger partial charge on any atom is 0.256 e. The smallest absolute Gasteiger partial charge is 0.256 e. The normalized spacial score (nSPS) is 35.6. The fourth-order valence-electron chi connectivity index (χ4n) is 6.17. The fourth-order valence-corrected chi connectivity index (χ4v) is 6.17. The van der Waals surface area contributed by atoms with E-state index >= 15 is 0 Å². The zero-order valence-corrected chi connectivity index (χ0v) is 19.6. The van der Waals surface area contributed by atoms with Crippen molar-refractivity contribution in [2.45, 2.75) is 113 Å². The number of hydrogen-bond donors (Lipinski definition) is 1. The van der Waals surface area contributed by atoms with E-state index < -0.39 is 42.3 Å². The van der Waals surface area contributed by atoms with Gasteiger partial charge < -0.3 is 29.0 Å². The van der Waals surface area contributed by atoms with Crippen molar-refractivity contribution in [2.75, 3.05) is 5.32 Å². The maximum absolute atomic E-state index is 13.4. The molecule has 5 fully saturated rings. The molecule has 8 heteroatoms. The summed E-state index contributed by atoms with van der Waals surface area (Å²) in [4.78, 5) is 25.0.